The maximum absolute atomic E-state index is 13.3. The third kappa shape index (κ3) is 5.80. The Kier molecular flexibility index (Phi) is 7.27. The Morgan fingerprint density at radius 1 is 1.06 bits per heavy atom. The van der Waals surface area contributed by atoms with E-state index in [4.69, 9.17) is 0 Å². The molecule has 33 heavy (non-hydrogen) atoms. The molecule has 180 valence electrons. The highest BCUT2D eigenvalue weighted by atomic mass is 32.2. The predicted molar refractivity (Wildman–Crippen MR) is 113 cm³/mol. The Bertz CT molecular complexity index is 1080. The third-order valence-electron chi connectivity index (χ3n) is 5.32. The molecule has 1 unspecified atom stereocenters. The lowest BCUT2D eigenvalue weighted by molar-refractivity contribution is -0.138. The van der Waals surface area contributed by atoms with E-state index >= 15 is 0 Å². The van der Waals surface area contributed by atoms with E-state index in [1.165, 1.54) is 22.1 Å². The first-order chi connectivity index (χ1) is 15.4. The minimum absolute atomic E-state index is 0.105. The van der Waals surface area contributed by atoms with Gasteiger partial charge in [-0.05, 0) is 42.3 Å². The van der Waals surface area contributed by atoms with Crippen molar-refractivity contribution >= 4 is 21.7 Å². The molecule has 12 heteroatoms. The van der Waals surface area contributed by atoms with Crippen molar-refractivity contribution in [3.8, 4) is 0 Å². The van der Waals surface area contributed by atoms with Crippen LogP contribution >= 0.6 is 0 Å². The van der Waals surface area contributed by atoms with Crippen molar-refractivity contribution in [2.75, 3.05) is 31.1 Å². The summed E-state index contributed by atoms with van der Waals surface area (Å²) in [4.78, 5) is 19.7. The number of piperazine rings is 1. The molecule has 2 aromatic rings. The molecule has 0 radical (unpaired) electrons. The number of benzene rings is 1. The maximum Gasteiger partial charge on any atom is 0.419 e. The molecule has 1 aliphatic rings. The highest BCUT2D eigenvalue weighted by Crippen LogP contribution is 2.35. The van der Waals surface area contributed by atoms with E-state index < -0.39 is 45.4 Å². The molecule has 0 saturated carbocycles. The largest absolute Gasteiger partial charge is 0.419 e. The van der Waals surface area contributed by atoms with Crippen LogP contribution in [0.25, 0.3) is 0 Å². The lowest BCUT2D eigenvalue weighted by Crippen LogP contribution is -2.56. The van der Waals surface area contributed by atoms with Gasteiger partial charge in [0.05, 0.1) is 10.5 Å². The lowest BCUT2D eigenvalue weighted by Gasteiger charge is -2.38. The number of nitrogens with zero attached hydrogens (tertiary/aromatic N) is 3. The monoisotopic (exact) mass is 488 g/mol. The molecule has 1 saturated heterocycles. The molecule has 1 amide bonds. The number of carbonyl (C=O) groups is 1. The number of hydrogen-bond acceptors (Lipinski definition) is 5. The summed E-state index contributed by atoms with van der Waals surface area (Å²) in [5, 5.41) is 0. The summed E-state index contributed by atoms with van der Waals surface area (Å²) >= 11 is 0. The molecular weight excluding hydrogens is 464 g/mol. The van der Waals surface area contributed by atoms with Crippen molar-refractivity contribution < 1.29 is 30.8 Å². The Hall–Kier alpha value is -2.73. The molecule has 1 atom stereocenters. The number of nitrogens with one attached hydrogen (secondary N) is 1. The quantitative estimate of drug-likeness (QED) is 0.633. The van der Waals surface area contributed by atoms with Gasteiger partial charge in [0.1, 0.15) is 17.7 Å². The van der Waals surface area contributed by atoms with Gasteiger partial charge in [0, 0.05) is 32.4 Å². The van der Waals surface area contributed by atoms with E-state index in [-0.39, 0.29) is 36.9 Å². The normalized spacial score (nSPS) is 16.2. The van der Waals surface area contributed by atoms with Crippen LogP contribution in [0.15, 0.2) is 47.5 Å². The van der Waals surface area contributed by atoms with Gasteiger partial charge in [-0.2, -0.15) is 17.9 Å². The second-order valence-corrected chi connectivity index (χ2v) is 9.70. The smallest absolute Gasteiger partial charge is 0.353 e. The fourth-order valence-corrected chi connectivity index (χ4v) is 4.86. The van der Waals surface area contributed by atoms with Crippen molar-refractivity contribution in [1.29, 1.82) is 0 Å². The van der Waals surface area contributed by atoms with Gasteiger partial charge in [0.25, 0.3) is 0 Å². The van der Waals surface area contributed by atoms with Crippen LogP contribution in [0.3, 0.4) is 0 Å². The van der Waals surface area contributed by atoms with Gasteiger partial charge in [0.15, 0.2) is 0 Å². The number of carbonyl (C=O) groups excluding carboxylic acids is 1. The van der Waals surface area contributed by atoms with Gasteiger partial charge in [-0.25, -0.2) is 17.8 Å². The topological polar surface area (TPSA) is 82.6 Å². The van der Waals surface area contributed by atoms with Crippen LogP contribution in [-0.2, 0) is 21.0 Å². The number of amides is 1. The summed E-state index contributed by atoms with van der Waals surface area (Å²) < 4.78 is 80.8. The number of alkyl halides is 3. The molecule has 1 aromatic heterocycles. The van der Waals surface area contributed by atoms with E-state index in [9.17, 15) is 30.8 Å². The molecule has 1 fully saturated rings. The fraction of sp³-hybridized carbons (Fsp3) is 0.429. The molecule has 1 N–H and O–H groups in total. The Labute approximate surface area is 189 Å². The van der Waals surface area contributed by atoms with Gasteiger partial charge < -0.3 is 9.80 Å². The Morgan fingerprint density at radius 3 is 2.21 bits per heavy atom. The minimum atomic E-state index is -4.56. The standard InChI is InChI=1S/C21H24F4N4O3S/c1-14(2)18(27-33(31,32)16-7-5-15(22)6-8-16)20(30)29-12-10-28(11-13-29)19-17(21(23,24)25)4-3-9-26-19/h3-9,14,18,27H,10-13H2,1-2H3. The van der Waals surface area contributed by atoms with E-state index in [2.05, 4.69) is 9.71 Å². The number of hydrogen-bond donors (Lipinski definition) is 1. The van der Waals surface area contributed by atoms with Crippen LogP contribution in [0.4, 0.5) is 23.4 Å². The second kappa shape index (κ2) is 9.64. The minimum Gasteiger partial charge on any atom is -0.353 e. The van der Waals surface area contributed by atoms with Crippen molar-refractivity contribution in [2.24, 2.45) is 5.92 Å². The van der Waals surface area contributed by atoms with Crippen LogP contribution < -0.4 is 9.62 Å². The SMILES string of the molecule is CC(C)C(NS(=O)(=O)c1ccc(F)cc1)C(=O)N1CCN(c2ncccc2C(F)(F)F)CC1. The first-order valence-electron chi connectivity index (χ1n) is 10.2. The third-order valence-corrected chi connectivity index (χ3v) is 6.78. The summed E-state index contributed by atoms with van der Waals surface area (Å²) in [6.07, 6.45) is -3.28. The van der Waals surface area contributed by atoms with Gasteiger partial charge in [-0.15, -0.1) is 0 Å². The van der Waals surface area contributed by atoms with Crippen LogP contribution in [0.1, 0.15) is 19.4 Å². The average Bonchev–Trinajstić information content (AvgIpc) is 2.77. The Morgan fingerprint density at radius 2 is 1.67 bits per heavy atom. The number of pyridine rings is 1. The molecule has 0 spiro atoms. The zero-order valence-electron chi connectivity index (χ0n) is 18.0. The number of anilines is 1. The fourth-order valence-electron chi connectivity index (χ4n) is 3.53. The summed E-state index contributed by atoms with van der Waals surface area (Å²) in [6, 6.07) is 5.30. The molecule has 1 aliphatic heterocycles. The highest BCUT2D eigenvalue weighted by molar-refractivity contribution is 7.89. The van der Waals surface area contributed by atoms with Crippen LogP contribution in [0.5, 0.6) is 0 Å². The zero-order valence-corrected chi connectivity index (χ0v) is 18.8. The second-order valence-electron chi connectivity index (χ2n) is 7.98. The molecule has 2 heterocycles. The van der Waals surface area contributed by atoms with Crippen LogP contribution in [0.2, 0.25) is 0 Å². The lowest BCUT2D eigenvalue weighted by atomic mass is 10.0. The average molecular weight is 489 g/mol. The molecule has 0 aliphatic carbocycles. The van der Waals surface area contributed by atoms with Crippen molar-refractivity contribution in [3.63, 3.8) is 0 Å². The summed E-state index contributed by atoms with van der Waals surface area (Å²) in [5.41, 5.74) is -0.850. The molecule has 7 nitrogen and oxygen atoms in total. The van der Waals surface area contributed by atoms with Crippen LogP contribution in [0, 0.1) is 11.7 Å². The van der Waals surface area contributed by atoms with E-state index in [1.54, 1.807) is 13.8 Å². The van der Waals surface area contributed by atoms with Crippen molar-refractivity contribution in [1.82, 2.24) is 14.6 Å². The number of halogens is 4. The molecule has 3 rings (SSSR count). The molecular formula is C21H24F4N4O3S. The van der Waals surface area contributed by atoms with Gasteiger partial charge in [0.2, 0.25) is 15.9 Å². The van der Waals surface area contributed by atoms with Crippen molar-refractivity contribution in [2.45, 2.75) is 31.0 Å². The maximum atomic E-state index is 13.3. The number of sulfonamides is 1. The first kappa shape index (κ1) is 24.9. The van der Waals surface area contributed by atoms with E-state index in [0.717, 1.165) is 30.3 Å². The first-order valence-corrected chi connectivity index (χ1v) is 11.7. The molecule has 0 bridgehead atoms. The van der Waals surface area contributed by atoms with E-state index in [0.29, 0.717) is 0 Å². The van der Waals surface area contributed by atoms with Crippen LogP contribution in [-0.4, -0.2) is 56.4 Å². The number of aromatic nitrogens is 1. The zero-order chi connectivity index (χ0) is 24.4. The van der Waals surface area contributed by atoms with Gasteiger partial charge in [-0.1, -0.05) is 13.8 Å². The highest BCUT2D eigenvalue weighted by Gasteiger charge is 2.37. The Balaban J connectivity index is 1.71. The summed E-state index contributed by atoms with van der Waals surface area (Å²) in [6.45, 7) is 3.79. The van der Waals surface area contributed by atoms with Gasteiger partial charge in [-0.3, -0.25) is 4.79 Å². The summed E-state index contributed by atoms with van der Waals surface area (Å²) in [7, 11) is -4.09. The van der Waals surface area contributed by atoms with Gasteiger partial charge >= 0.3 is 6.18 Å². The van der Waals surface area contributed by atoms with Crippen molar-refractivity contribution in [3.05, 3.63) is 54.0 Å². The molecule has 1 aromatic carbocycles. The van der Waals surface area contributed by atoms with E-state index in [1.807, 2.05) is 0 Å². The number of rotatable bonds is 6. The summed E-state index contributed by atoms with van der Waals surface area (Å²) in [5.74, 6) is -1.68. The predicted octanol–water partition coefficient (Wildman–Crippen LogP) is 2.89.